The van der Waals surface area contributed by atoms with E-state index in [4.69, 9.17) is 0 Å². The van der Waals surface area contributed by atoms with E-state index in [2.05, 4.69) is 23.4 Å². The average molecular weight is 411 g/mol. The van der Waals surface area contributed by atoms with Crippen LogP contribution in [0.25, 0.3) is 0 Å². The lowest BCUT2D eigenvalue weighted by molar-refractivity contribution is 0.102. The molecule has 0 bridgehead atoms. The molecule has 0 aliphatic carbocycles. The maximum absolute atomic E-state index is 13.7. The standard InChI is InChI=1S/C21H18FN3O3S/c22-19-7-2-1-6-18(19)20(27)23-15-8-10-17(11-9-15)25(29)21(28)24-16-5-3-4-14(12-16)13-26/h1-12,26,29H,13H2,(H,23,27)(H,24,28). The van der Waals surface area contributed by atoms with Gasteiger partial charge >= 0.3 is 6.03 Å². The molecule has 0 unspecified atom stereocenters. The average Bonchev–Trinajstić information content (AvgIpc) is 2.74. The Morgan fingerprint density at radius 2 is 1.66 bits per heavy atom. The minimum absolute atomic E-state index is 0.0584. The van der Waals surface area contributed by atoms with Gasteiger partial charge in [0.05, 0.1) is 17.9 Å². The number of amides is 3. The Kier molecular flexibility index (Phi) is 6.48. The van der Waals surface area contributed by atoms with Crippen LogP contribution in [-0.2, 0) is 6.61 Å². The zero-order valence-corrected chi connectivity index (χ0v) is 16.1. The number of halogens is 1. The number of carbonyl (C=O) groups is 2. The number of hydrogen-bond donors (Lipinski definition) is 4. The maximum atomic E-state index is 13.7. The highest BCUT2D eigenvalue weighted by Crippen LogP contribution is 2.22. The summed E-state index contributed by atoms with van der Waals surface area (Å²) >= 11 is 4.20. The van der Waals surface area contributed by atoms with E-state index >= 15 is 0 Å². The molecule has 0 atom stereocenters. The number of thiol groups is 1. The highest BCUT2D eigenvalue weighted by atomic mass is 32.1. The number of nitrogens with one attached hydrogen (secondary N) is 2. The van der Waals surface area contributed by atoms with Crippen LogP contribution < -0.4 is 14.9 Å². The number of nitrogens with zero attached hydrogens (tertiary/aromatic N) is 1. The second-order valence-corrected chi connectivity index (χ2v) is 6.48. The number of anilines is 3. The fraction of sp³-hybridized carbons (Fsp3) is 0.0476. The molecule has 8 heteroatoms. The molecule has 148 valence electrons. The molecule has 3 aromatic carbocycles. The Balaban J connectivity index is 1.65. The molecule has 0 saturated heterocycles. The third kappa shape index (κ3) is 5.13. The smallest absolute Gasteiger partial charge is 0.336 e. The SMILES string of the molecule is O=C(Nc1ccc(N(S)C(=O)Nc2cccc(CO)c2)cc1)c1ccccc1F. The van der Waals surface area contributed by atoms with Gasteiger partial charge in [-0.2, -0.15) is 0 Å². The Morgan fingerprint density at radius 3 is 2.34 bits per heavy atom. The van der Waals surface area contributed by atoms with Gasteiger partial charge in [-0.3, -0.25) is 4.79 Å². The molecule has 0 heterocycles. The van der Waals surface area contributed by atoms with Crippen molar-refractivity contribution < 1.29 is 19.1 Å². The quantitative estimate of drug-likeness (QED) is 0.468. The molecule has 0 saturated carbocycles. The van der Waals surface area contributed by atoms with Crippen LogP contribution in [0.5, 0.6) is 0 Å². The molecule has 6 nitrogen and oxygen atoms in total. The molecule has 0 radical (unpaired) electrons. The van der Waals surface area contributed by atoms with E-state index in [1.807, 2.05) is 0 Å². The van der Waals surface area contributed by atoms with Crippen LogP contribution in [0.2, 0.25) is 0 Å². The fourth-order valence-corrected chi connectivity index (χ4v) is 2.75. The predicted octanol–water partition coefficient (Wildman–Crippen LogP) is 4.45. The van der Waals surface area contributed by atoms with Crippen molar-refractivity contribution in [3.63, 3.8) is 0 Å². The van der Waals surface area contributed by atoms with Crippen LogP contribution in [0.3, 0.4) is 0 Å². The van der Waals surface area contributed by atoms with Crippen molar-refractivity contribution in [3.8, 4) is 0 Å². The molecule has 3 amide bonds. The third-order valence-corrected chi connectivity index (χ3v) is 4.45. The van der Waals surface area contributed by atoms with Crippen molar-refractivity contribution >= 4 is 41.8 Å². The van der Waals surface area contributed by atoms with Crippen LogP contribution >= 0.6 is 12.8 Å². The summed E-state index contributed by atoms with van der Waals surface area (Å²) in [5.74, 6) is -1.18. The second-order valence-electron chi connectivity index (χ2n) is 6.08. The van der Waals surface area contributed by atoms with E-state index in [0.29, 0.717) is 22.6 Å². The van der Waals surface area contributed by atoms with Gasteiger partial charge < -0.3 is 15.7 Å². The van der Waals surface area contributed by atoms with E-state index in [9.17, 15) is 19.1 Å². The van der Waals surface area contributed by atoms with Gasteiger partial charge in [0.15, 0.2) is 0 Å². The monoisotopic (exact) mass is 411 g/mol. The van der Waals surface area contributed by atoms with Crippen LogP contribution in [0, 0.1) is 5.82 Å². The summed E-state index contributed by atoms with van der Waals surface area (Å²) in [7, 11) is 0. The first-order valence-electron chi connectivity index (χ1n) is 8.63. The lowest BCUT2D eigenvalue weighted by Crippen LogP contribution is -2.26. The Bertz CT molecular complexity index is 1030. The van der Waals surface area contributed by atoms with Crippen molar-refractivity contribution in [2.24, 2.45) is 0 Å². The first-order chi connectivity index (χ1) is 14.0. The van der Waals surface area contributed by atoms with Gasteiger partial charge in [-0.15, -0.1) is 0 Å². The summed E-state index contributed by atoms with van der Waals surface area (Å²) in [6.07, 6.45) is 0. The van der Waals surface area contributed by atoms with E-state index in [0.717, 1.165) is 4.31 Å². The highest BCUT2D eigenvalue weighted by molar-refractivity contribution is 7.82. The lowest BCUT2D eigenvalue weighted by atomic mass is 10.2. The Labute approximate surface area is 172 Å². The number of aliphatic hydroxyl groups is 1. The lowest BCUT2D eigenvalue weighted by Gasteiger charge is -2.17. The maximum Gasteiger partial charge on any atom is 0.336 e. The number of urea groups is 1. The van der Waals surface area contributed by atoms with Crippen LogP contribution in [-0.4, -0.2) is 17.0 Å². The molecule has 3 rings (SSSR count). The summed E-state index contributed by atoms with van der Waals surface area (Å²) in [5.41, 5.74) is 2.04. The predicted molar refractivity (Wildman–Crippen MR) is 114 cm³/mol. The van der Waals surface area contributed by atoms with E-state index in [-0.39, 0.29) is 12.2 Å². The van der Waals surface area contributed by atoms with E-state index < -0.39 is 17.8 Å². The minimum Gasteiger partial charge on any atom is -0.392 e. The van der Waals surface area contributed by atoms with Crippen molar-refractivity contribution in [1.82, 2.24) is 0 Å². The van der Waals surface area contributed by atoms with Crippen molar-refractivity contribution in [3.05, 3.63) is 89.7 Å². The molecular weight excluding hydrogens is 393 g/mol. The number of rotatable bonds is 5. The van der Waals surface area contributed by atoms with Crippen LogP contribution in [0.15, 0.2) is 72.8 Å². The summed E-state index contributed by atoms with van der Waals surface area (Å²) in [4.78, 5) is 24.5. The molecular formula is C21H18FN3O3S. The molecule has 29 heavy (non-hydrogen) atoms. The van der Waals surface area contributed by atoms with Gasteiger partial charge in [0.2, 0.25) is 0 Å². The number of hydrogen-bond acceptors (Lipinski definition) is 4. The highest BCUT2D eigenvalue weighted by Gasteiger charge is 2.14. The molecule has 0 aliphatic rings. The summed E-state index contributed by atoms with van der Waals surface area (Å²) in [5, 5.41) is 14.4. The van der Waals surface area contributed by atoms with Gasteiger partial charge in [0.1, 0.15) is 5.82 Å². The van der Waals surface area contributed by atoms with Gasteiger partial charge in [0, 0.05) is 11.4 Å². The Morgan fingerprint density at radius 1 is 0.931 bits per heavy atom. The summed E-state index contributed by atoms with van der Waals surface area (Å²) in [6, 6.07) is 18.3. The molecule has 0 spiro atoms. The van der Waals surface area contributed by atoms with Crippen LogP contribution in [0.1, 0.15) is 15.9 Å². The van der Waals surface area contributed by atoms with Gasteiger partial charge in [-0.05, 0) is 54.1 Å². The normalized spacial score (nSPS) is 10.3. The summed E-state index contributed by atoms with van der Waals surface area (Å²) < 4.78 is 14.8. The van der Waals surface area contributed by atoms with Crippen molar-refractivity contribution in [1.29, 1.82) is 0 Å². The largest absolute Gasteiger partial charge is 0.392 e. The molecule has 3 aromatic rings. The van der Waals surface area contributed by atoms with Gasteiger partial charge in [-0.25, -0.2) is 13.5 Å². The first kappa shape index (κ1) is 20.4. The van der Waals surface area contributed by atoms with Crippen molar-refractivity contribution in [2.75, 3.05) is 14.9 Å². The molecule has 3 N–H and O–H groups in total. The second kappa shape index (κ2) is 9.22. The van der Waals surface area contributed by atoms with Gasteiger partial charge in [-0.1, -0.05) is 37.1 Å². The molecule has 0 aromatic heterocycles. The first-order valence-corrected chi connectivity index (χ1v) is 9.03. The topological polar surface area (TPSA) is 81.7 Å². The summed E-state index contributed by atoms with van der Waals surface area (Å²) in [6.45, 7) is -0.131. The number of carbonyl (C=O) groups excluding carboxylic acids is 2. The van der Waals surface area contributed by atoms with Crippen molar-refractivity contribution in [2.45, 2.75) is 6.61 Å². The van der Waals surface area contributed by atoms with E-state index in [1.54, 1.807) is 54.6 Å². The number of aliphatic hydroxyl groups excluding tert-OH is 1. The minimum atomic E-state index is -0.606. The van der Waals surface area contributed by atoms with Gasteiger partial charge in [0.25, 0.3) is 5.91 Å². The molecule has 0 fully saturated rings. The molecule has 0 aliphatic heterocycles. The van der Waals surface area contributed by atoms with E-state index in [1.165, 1.54) is 18.2 Å². The van der Waals surface area contributed by atoms with Crippen LogP contribution in [0.4, 0.5) is 26.2 Å². The Hall–Kier alpha value is -3.36. The fourth-order valence-electron chi connectivity index (χ4n) is 2.57. The number of benzene rings is 3. The zero-order valence-electron chi connectivity index (χ0n) is 15.2. The third-order valence-electron chi connectivity index (χ3n) is 4.04. The zero-order chi connectivity index (χ0) is 20.8.